The first-order chi connectivity index (χ1) is 5.74. The Labute approximate surface area is 75.7 Å². The molecule has 0 bridgehead atoms. The number of hydrogen-bond donors (Lipinski definition) is 1. The van der Waals surface area contributed by atoms with Gasteiger partial charge in [-0.3, -0.25) is 0 Å². The summed E-state index contributed by atoms with van der Waals surface area (Å²) in [6.07, 6.45) is 1.26. The van der Waals surface area contributed by atoms with Crippen LogP contribution in [0.3, 0.4) is 0 Å². The molecule has 72 valence electrons. The van der Waals surface area contributed by atoms with Crippen molar-refractivity contribution in [2.24, 2.45) is 0 Å². The smallest absolute Gasteiger partial charge is 0.0232 e. The molecule has 0 radical (unpaired) electrons. The largest absolute Gasteiger partial charge is 0.320 e. The van der Waals surface area contributed by atoms with Crippen molar-refractivity contribution in [1.29, 1.82) is 0 Å². The van der Waals surface area contributed by atoms with Crippen LogP contribution in [0.4, 0.5) is 0 Å². The second kappa shape index (κ2) is 4.80. The van der Waals surface area contributed by atoms with E-state index in [9.17, 15) is 0 Å². The van der Waals surface area contributed by atoms with Gasteiger partial charge in [0.1, 0.15) is 0 Å². The Morgan fingerprint density at radius 2 is 2.08 bits per heavy atom. The fourth-order valence-electron chi connectivity index (χ4n) is 1.72. The Bertz CT molecular complexity index is 127. The highest BCUT2D eigenvalue weighted by Gasteiger charge is 2.20. The molecule has 12 heavy (non-hydrogen) atoms. The van der Waals surface area contributed by atoms with Crippen LogP contribution >= 0.6 is 0 Å². The summed E-state index contributed by atoms with van der Waals surface area (Å²) in [6.45, 7) is 4.78. The number of hydrogen-bond acceptors (Lipinski definition) is 3. The second-order valence-corrected chi connectivity index (χ2v) is 3.79. The SMILES string of the molecule is CNCCC1CN(C)CCN1C. The number of nitrogens with zero attached hydrogens (tertiary/aromatic N) is 2. The van der Waals surface area contributed by atoms with Crippen LogP contribution in [0, 0.1) is 0 Å². The highest BCUT2D eigenvalue weighted by atomic mass is 15.3. The lowest BCUT2D eigenvalue weighted by Gasteiger charge is -2.37. The van der Waals surface area contributed by atoms with Gasteiger partial charge in [-0.15, -0.1) is 0 Å². The van der Waals surface area contributed by atoms with E-state index >= 15 is 0 Å². The van der Waals surface area contributed by atoms with E-state index in [-0.39, 0.29) is 0 Å². The maximum Gasteiger partial charge on any atom is 0.0232 e. The molecule has 0 aliphatic carbocycles. The molecular formula is C9H21N3. The van der Waals surface area contributed by atoms with Crippen molar-refractivity contribution in [3.8, 4) is 0 Å². The van der Waals surface area contributed by atoms with Crippen LogP contribution in [0.1, 0.15) is 6.42 Å². The first kappa shape index (κ1) is 9.96. The summed E-state index contributed by atoms with van der Waals surface area (Å²) in [5.74, 6) is 0. The van der Waals surface area contributed by atoms with E-state index in [2.05, 4.69) is 29.2 Å². The lowest BCUT2D eigenvalue weighted by molar-refractivity contribution is 0.109. The van der Waals surface area contributed by atoms with Crippen molar-refractivity contribution in [3.05, 3.63) is 0 Å². The summed E-state index contributed by atoms with van der Waals surface area (Å²) in [7, 11) is 6.46. The lowest BCUT2D eigenvalue weighted by atomic mass is 10.1. The van der Waals surface area contributed by atoms with Gasteiger partial charge in [-0.05, 0) is 34.1 Å². The zero-order valence-electron chi connectivity index (χ0n) is 8.51. The van der Waals surface area contributed by atoms with E-state index in [4.69, 9.17) is 0 Å². The van der Waals surface area contributed by atoms with Gasteiger partial charge in [0.2, 0.25) is 0 Å². The molecule has 1 heterocycles. The summed E-state index contributed by atoms with van der Waals surface area (Å²) in [5, 5.41) is 3.21. The highest BCUT2D eigenvalue weighted by Crippen LogP contribution is 2.08. The van der Waals surface area contributed by atoms with Crippen molar-refractivity contribution >= 4 is 0 Å². The lowest BCUT2D eigenvalue weighted by Crippen LogP contribution is -2.50. The highest BCUT2D eigenvalue weighted by molar-refractivity contribution is 4.78. The van der Waals surface area contributed by atoms with Gasteiger partial charge >= 0.3 is 0 Å². The van der Waals surface area contributed by atoms with Gasteiger partial charge in [-0.1, -0.05) is 0 Å². The molecule has 1 fully saturated rings. The van der Waals surface area contributed by atoms with Crippen LogP contribution in [-0.4, -0.2) is 63.2 Å². The predicted molar refractivity (Wildman–Crippen MR) is 52.5 cm³/mol. The molecule has 1 atom stereocenters. The van der Waals surface area contributed by atoms with E-state index in [0.29, 0.717) is 0 Å². The maximum atomic E-state index is 3.21. The van der Waals surface area contributed by atoms with E-state index in [0.717, 1.165) is 12.6 Å². The Balaban J connectivity index is 2.28. The molecule has 1 N–H and O–H groups in total. The van der Waals surface area contributed by atoms with Crippen LogP contribution in [0.25, 0.3) is 0 Å². The first-order valence-corrected chi connectivity index (χ1v) is 4.77. The third-order valence-corrected chi connectivity index (χ3v) is 2.71. The summed E-state index contributed by atoms with van der Waals surface area (Å²) in [4.78, 5) is 4.89. The second-order valence-electron chi connectivity index (χ2n) is 3.79. The standard InChI is InChI=1S/C9H21N3/c1-10-5-4-9-8-11(2)6-7-12(9)3/h9-10H,4-8H2,1-3H3. The number of nitrogens with one attached hydrogen (secondary N) is 1. The Hall–Kier alpha value is -0.120. The molecule has 1 rings (SSSR count). The molecule has 1 aliphatic rings. The number of likely N-dealkylation sites (N-methyl/N-ethyl adjacent to an activating group) is 2. The fraction of sp³-hybridized carbons (Fsp3) is 1.00. The zero-order valence-corrected chi connectivity index (χ0v) is 8.51. The molecule has 0 amide bonds. The van der Waals surface area contributed by atoms with Gasteiger partial charge in [0.05, 0.1) is 0 Å². The van der Waals surface area contributed by atoms with E-state index in [1.54, 1.807) is 0 Å². The van der Waals surface area contributed by atoms with Crippen molar-refractivity contribution in [2.45, 2.75) is 12.5 Å². The third-order valence-electron chi connectivity index (χ3n) is 2.71. The molecule has 0 aromatic heterocycles. The minimum atomic E-state index is 0.746. The van der Waals surface area contributed by atoms with Gasteiger partial charge in [-0.25, -0.2) is 0 Å². The molecule has 1 unspecified atom stereocenters. The van der Waals surface area contributed by atoms with Crippen LogP contribution in [-0.2, 0) is 0 Å². The molecule has 0 aromatic carbocycles. The number of piperazine rings is 1. The van der Waals surface area contributed by atoms with Crippen LogP contribution < -0.4 is 5.32 Å². The minimum absolute atomic E-state index is 0.746. The molecule has 0 spiro atoms. The molecule has 0 aromatic rings. The summed E-state index contributed by atoms with van der Waals surface area (Å²) in [5.41, 5.74) is 0. The van der Waals surface area contributed by atoms with Crippen molar-refractivity contribution in [3.63, 3.8) is 0 Å². The van der Waals surface area contributed by atoms with Crippen LogP contribution in [0.2, 0.25) is 0 Å². The van der Waals surface area contributed by atoms with Crippen molar-refractivity contribution in [2.75, 3.05) is 47.3 Å². The van der Waals surface area contributed by atoms with E-state index in [1.807, 2.05) is 7.05 Å². The zero-order chi connectivity index (χ0) is 8.97. The Kier molecular flexibility index (Phi) is 3.98. The Morgan fingerprint density at radius 3 is 2.75 bits per heavy atom. The molecule has 1 aliphatic heterocycles. The first-order valence-electron chi connectivity index (χ1n) is 4.77. The average molecular weight is 171 g/mol. The normalized spacial score (nSPS) is 27.8. The minimum Gasteiger partial charge on any atom is -0.320 e. The van der Waals surface area contributed by atoms with Gasteiger partial charge in [0, 0.05) is 25.7 Å². The molecule has 3 heteroatoms. The summed E-state index contributed by atoms with van der Waals surface area (Å²) >= 11 is 0. The molecular weight excluding hydrogens is 150 g/mol. The molecule has 1 saturated heterocycles. The van der Waals surface area contributed by atoms with Crippen LogP contribution in [0.5, 0.6) is 0 Å². The van der Waals surface area contributed by atoms with Crippen molar-refractivity contribution < 1.29 is 0 Å². The van der Waals surface area contributed by atoms with Gasteiger partial charge in [-0.2, -0.15) is 0 Å². The third kappa shape index (κ3) is 2.73. The van der Waals surface area contributed by atoms with Gasteiger partial charge < -0.3 is 15.1 Å². The summed E-state index contributed by atoms with van der Waals surface area (Å²) < 4.78 is 0. The van der Waals surface area contributed by atoms with Crippen molar-refractivity contribution in [1.82, 2.24) is 15.1 Å². The molecule has 0 saturated carbocycles. The number of rotatable bonds is 3. The maximum absolute atomic E-state index is 3.21. The van der Waals surface area contributed by atoms with Gasteiger partial charge in [0.15, 0.2) is 0 Å². The topological polar surface area (TPSA) is 18.5 Å². The van der Waals surface area contributed by atoms with E-state index in [1.165, 1.54) is 26.1 Å². The average Bonchev–Trinajstić information content (AvgIpc) is 2.07. The predicted octanol–water partition coefficient (Wildman–Crippen LogP) is -0.158. The Morgan fingerprint density at radius 1 is 1.33 bits per heavy atom. The molecule has 3 nitrogen and oxygen atoms in total. The summed E-state index contributed by atoms with van der Waals surface area (Å²) in [6, 6.07) is 0.746. The van der Waals surface area contributed by atoms with Gasteiger partial charge in [0.25, 0.3) is 0 Å². The fourth-order valence-corrected chi connectivity index (χ4v) is 1.72. The van der Waals surface area contributed by atoms with E-state index < -0.39 is 0 Å². The quantitative estimate of drug-likeness (QED) is 0.637. The van der Waals surface area contributed by atoms with Crippen LogP contribution in [0.15, 0.2) is 0 Å². The monoisotopic (exact) mass is 171 g/mol.